The van der Waals surface area contributed by atoms with Gasteiger partial charge in [-0.05, 0) is 48.5 Å². The highest BCUT2D eigenvalue weighted by molar-refractivity contribution is 5.90. The molecule has 0 aromatic carbocycles. The number of nitrogens with zero attached hydrogens (tertiary/aromatic N) is 3. The fourth-order valence-electron chi connectivity index (χ4n) is 3.17. The van der Waals surface area contributed by atoms with E-state index in [0.29, 0.717) is 11.4 Å². The summed E-state index contributed by atoms with van der Waals surface area (Å²) in [6, 6.07) is -2.74. The van der Waals surface area contributed by atoms with Crippen LogP contribution in [0, 0.1) is 0 Å². The molecule has 2 heterocycles. The van der Waals surface area contributed by atoms with Crippen molar-refractivity contribution >= 4 is 24.1 Å². The molecule has 12 heteroatoms. The van der Waals surface area contributed by atoms with Gasteiger partial charge in [-0.15, -0.1) is 0 Å². The van der Waals surface area contributed by atoms with Gasteiger partial charge in [0, 0.05) is 6.42 Å². The lowest BCUT2D eigenvalue weighted by Crippen LogP contribution is -2.58. The molecule has 184 valence electrons. The Morgan fingerprint density at radius 2 is 1.64 bits per heavy atom. The molecular weight excluding hydrogens is 436 g/mol. The van der Waals surface area contributed by atoms with Crippen LogP contribution >= 0.6 is 0 Å². The Morgan fingerprint density at radius 3 is 2.12 bits per heavy atom. The number of aliphatic carboxylic acids is 1. The monoisotopic (exact) mass is 468 g/mol. The SMILES string of the molecule is C[C@@H](O)[C@H](NC(=O)[C@@H]1Cc2ncn(C(=O)OC(C)(C)C)c2CN1C(=O)OC(C)(C)C)C(=O)O. The number of carboxylic acids is 1. The second-order valence-corrected chi connectivity index (χ2v) is 9.88. The van der Waals surface area contributed by atoms with E-state index >= 15 is 0 Å². The van der Waals surface area contributed by atoms with E-state index in [0.717, 1.165) is 4.90 Å². The van der Waals surface area contributed by atoms with Crippen molar-refractivity contribution in [2.45, 2.75) is 90.8 Å². The van der Waals surface area contributed by atoms with Gasteiger partial charge in [0.25, 0.3) is 0 Å². The number of aliphatic hydroxyl groups is 1. The van der Waals surface area contributed by atoms with Crippen molar-refractivity contribution in [1.82, 2.24) is 19.8 Å². The van der Waals surface area contributed by atoms with Gasteiger partial charge in [0.15, 0.2) is 6.04 Å². The molecule has 0 unspecified atom stereocenters. The minimum absolute atomic E-state index is 0.0949. The van der Waals surface area contributed by atoms with E-state index < -0.39 is 53.5 Å². The first kappa shape index (κ1) is 26.1. The van der Waals surface area contributed by atoms with Crippen LogP contribution < -0.4 is 5.32 Å². The van der Waals surface area contributed by atoms with Crippen molar-refractivity contribution in [3.63, 3.8) is 0 Å². The molecule has 33 heavy (non-hydrogen) atoms. The number of aromatic nitrogens is 2. The molecule has 1 aliphatic rings. The lowest BCUT2D eigenvalue weighted by atomic mass is 10.0. The summed E-state index contributed by atoms with van der Waals surface area (Å²) in [5.74, 6) is -2.22. The highest BCUT2D eigenvalue weighted by Crippen LogP contribution is 2.26. The van der Waals surface area contributed by atoms with Gasteiger partial charge in [0.2, 0.25) is 5.91 Å². The van der Waals surface area contributed by atoms with Crippen molar-refractivity contribution < 1.29 is 38.9 Å². The van der Waals surface area contributed by atoms with Gasteiger partial charge in [0.1, 0.15) is 23.6 Å². The summed E-state index contributed by atoms with van der Waals surface area (Å²) in [4.78, 5) is 55.2. The Kier molecular flexibility index (Phi) is 7.42. The number of nitrogens with one attached hydrogen (secondary N) is 1. The van der Waals surface area contributed by atoms with Gasteiger partial charge in [-0.2, -0.15) is 0 Å². The first-order valence-corrected chi connectivity index (χ1v) is 10.5. The average molecular weight is 469 g/mol. The zero-order valence-corrected chi connectivity index (χ0v) is 19.9. The number of carbonyl (C=O) groups is 4. The third-order valence-electron chi connectivity index (χ3n) is 4.60. The van der Waals surface area contributed by atoms with Gasteiger partial charge in [-0.1, -0.05) is 0 Å². The number of aliphatic hydroxyl groups excluding tert-OH is 1. The number of fused-ring (bicyclic) bond motifs is 1. The maximum Gasteiger partial charge on any atom is 0.420 e. The number of rotatable bonds is 4. The van der Waals surface area contributed by atoms with Crippen molar-refractivity contribution in [2.75, 3.05) is 0 Å². The summed E-state index contributed by atoms with van der Waals surface area (Å²) in [5, 5.41) is 21.3. The summed E-state index contributed by atoms with van der Waals surface area (Å²) in [6.45, 7) is 11.1. The number of amides is 2. The second kappa shape index (κ2) is 9.38. The molecular formula is C21H32N4O8. The van der Waals surface area contributed by atoms with Crippen LogP contribution in [0.4, 0.5) is 9.59 Å². The van der Waals surface area contributed by atoms with Crippen LogP contribution in [0.25, 0.3) is 0 Å². The lowest BCUT2D eigenvalue weighted by Gasteiger charge is -2.36. The summed E-state index contributed by atoms with van der Waals surface area (Å²) in [7, 11) is 0. The minimum Gasteiger partial charge on any atom is -0.480 e. The van der Waals surface area contributed by atoms with Crippen LogP contribution in [0.1, 0.15) is 59.9 Å². The normalized spacial score (nSPS) is 18.1. The number of imidazole rings is 1. The van der Waals surface area contributed by atoms with Crippen molar-refractivity contribution in [2.24, 2.45) is 0 Å². The van der Waals surface area contributed by atoms with Crippen LogP contribution in [0.15, 0.2) is 6.33 Å². The zero-order valence-electron chi connectivity index (χ0n) is 19.9. The first-order chi connectivity index (χ1) is 15.0. The van der Waals surface area contributed by atoms with Crippen molar-refractivity contribution in [1.29, 1.82) is 0 Å². The number of carbonyl (C=O) groups excluding carboxylic acids is 3. The maximum atomic E-state index is 13.0. The summed E-state index contributed by atoms with van der Waals surface area (Å²) < 4.78 is 12.0. The highest BCUT2D eigenvalue weighted by Gasteiger charge is 2.41. The average Bonchev–Trinajstić information content (AvgIpc) is 3.04. The molecule has 0 saturated carbocycles. The molecule has 2 rings (SSSR count). The number of hydrogen-bond acceptors (Lipinski definition) is 8. The van der Waals surface area contributed by atoms with Crippen LogP contribution in [-0.2, 0) is 32.0 Å². The molecule has 1 aliphatic heterocycles. The fraction of sp³-hybridized carbons (Fsp3) is 0.667. The Balaban J connectivity index is 2.40. The lowest BCUT2D eigenvalue weighted by molar-refractivity contribution is -0.145. The van der Waals surface area contributed by atoms with E-state index in [4.69, 9.17) is 9.47 Å². The Labute approximate surface area is 191 Å². The smallest absolute Gasteiger partial charge is 0.420 e. The van der Waals surface area contributed by atoms with Gasteiger partial charge in [0.05, 0.1) is 24.0 Å². The molecule has 0 fully saturated rings. The standard InChI is InChI=1S/C21H32N4O8/c1-11(26)15(17(28)29)23-16(27)13-8-12-14(9-24(13)18(30)32-20(2,3)4)25(10-22-12)19(31)33-21(5,6)7/h10-11,13,15,26H,8-9H2,1-7H3,(H,23,27)(H,28,29)/t11-,13+,15+/m1/s1. The van der Waals surface area contributed by atoms with Crippen LogP contribution in [0.2, 0.25) is 0 Å². The van der Waals surface area contributed by atoms with Gasteiger partial charge in [-0.25, -0.2) is 23.9 Å². The maximum absolute atomic E-state index is 13.0. The molecule has 0 spiro atoms. The van der Waals surface area contributed by atoms with Crippen LogP contribution in [-0.4, -0.2) is 78.1 Å². The number of carboxylic acid groups (broad SMARTS) is 1. The molecule has 0 saturated heterocycles. The van der Waals surface area contributed by atoms with E-state index in [1.54, 1.807) is 41.5 Å². The van der Waals surface area contributed by atoms with Crippen molar-refractivity contribution in [3.05, 3.63) is 17.7 Å². The number of hydrogen-bond donors (Lipinski definition) is 3. The quantitative estimate of drug-likeness (QED) is 0.591. The number of ether oxygens (including phenoxy) is 2. The zero-order chi connectivity index (χ0) is 25.3. The summed E-state index contributed by atoms with van der Waals surface area (Å²) in [6.07, 6.45) is -1.73. The molecule has 1 aromatic rings. The molecule has 2 amide bonds. The predicted molar refractivity (Wildman–Crippen MR) is 114 cm³/mol. The van der Waals surface area contributed by atoms with Gasteiger partial charge in [-0.3, -0.25) is 9.69 Å². The Morgan fingerprint density at radius 1 is 1.09 bits per heavy atom. The Bertz CT molecular complexity index is 926. The summed E-state index contributed by atoms with van der Waals surface area (Å²) >= 11 is 0. The van der Waals surface area contributed by atoms with Gasteiger partial charge >= 0.3 is 18.2 Å². The Hall–Kier alpha value is -3.15. The first-order valence-electron chi connectivity index (χ1n) is 10.5. The second-order valence-electron chi connectivity index (χ2n) is 9.88. The fourth-order valence-corrected chi connectivity index (χ4v) is 3.17. The summed E-state index contributed by atoms with van der Waals surface area (Å²) in [5.41, 5.74) is -0.898. The third-order valence-corrected chi connectivity index (χ3v) is 4.60. The molecule has 0 radical (unpaired) electrons. The molecule has 1 aromatic heterocycles. The van der Waals surface area contributed by atoms with E-state index in [1.165, 1.54) is 17.8 Å². The topological polar surface area (TPSA) is 160 Å². The van der Waals surface area contributed by atoms with Crippen molar-refractivity contribution in [3.8, 4) is 0 Å². The van der Waals surface area contributed by atoms with E-state index in [2.05, 4.69) is 10.3 Å². The molecule has 12 nitrogen and oxygen atoms in total. The van der Waals surface area contributed by atoms with Crippen LogP contribution in [0.5, 0.6) is 0 Å². The third kappa shape index (κ3) is 6.67. The largest absolute Gasteiger partial charge is 0.480 e. The predicted octanol–water partition coefficient (Wildman–Crippen LogP) is 1.28. The molecule has 3 atom stereocenters. The van der Waals surface area contributed by atoms with E-state index in [-0.39, 0.29) is 13.0 Å². The van der Waals surface area contributed by atoms with E-state index in [1.807, 2.05) is 0 Å². The van der Waals surface area contributed by atoms with Gasteiger partial charge < -0.3 is 25.0 Å². The molecule has 0 bridgehead atoms. The van der Waals surface area contributed by atoms with Crippen LogP contribution in [0.3, 0.4) is 0 Å². The highest BCUT2D eigenvalue weighted by atomic mass is 16.6. The molecule has 0 aliphatic carbocycles. The molecule has 3 N–H and O–H groups in total. The van der Waals surface area contributed by atoms with E-state index in [9.17, 15) is 29.4 Å². The minimum atomic E-state index is -1.57.